The number of halogens is 2. The van der Waals surface area contributed by atoms with Gasteiger partial charge in [-0.1, -0.05) is 48.5 Å². The van der Waals surface area contributed by atoms with Crippen LogP contribution in [0.4, 0.5) is 0 Å². The summed E-state index contributed by atoms with van der Waals surface area (Å²) in [7, 11) is 0. The van der Waals surface area contributed by atoms with Gasteiger partial charge in [0.1, 0.15) is 0 Å². The number of amides is 1. The Labute approximate surface area is 134 Å². The lowest BCUT2D eigenvalue weighted by molar-refractivity contribution is -0.118. The van der Waals surface area contributed by atoms with Gasteiger partial charge < -0.3 is 10.4 Å². The van der Waals surface area contributed by atoms with Crippen LogP contribution in [0.25, 0.3) is 6.08 Å². The molecule has 1 aromatic rings. The molecule has 1 saturated carbocycles. The van der Waals surface area contributed by atoms with Gasteiger partial charge in [-0.05, 0) is 36.6 Å². The third kappa shape index (κ3) is 5.03. The topological polar surface area (TPSA) is 49.3 Å². The summed E-state index contributed by atoms with van der Waals surface area (Å²) >= 11 is 11.7. The predicted molar refractivity (Wildman–Crippen MR) is 86.5 cm³/mol. The van der Waals surface area contributed by atoms with Crippen molar-refractivity contribution in [3.63, 3.8) is 0 Å². The number of hydrogen-bond donors (Lipinski definition) is 2. The predicted octanol–water partition coefficient (Wildman–Crippen LogP) is 3.82. The molecule has 1 amide bonds. The molecule has 0 unspecified atom stereocenters. The van der Waals surface area contributed by atoms with Gasteiger partial charge in [0.15, 0.2) is 0 Å². The van der Waals surface area contributed by atoms with Crippen molar-refractivity contribution in [3.05, 3.63) is 39.9 Å². The Morgan fingerprint density at radius 2 is 1.95 bits per heavy atom. The normalized spacial score (nSPS) is 17.9. The average Bonchev–Trinajstić information content (AvgIpc) is 2.47. The number of nitrogens with one attached hydrogen (secondary N) is 1. The minimum atomic E-state index is -0.745. The Balaban J connectivity index is 1.86. The first-order valence-electron chi connectivity index (χ1n) is 7.12. The third-order valence-electron chi connectivity index (χ3n) is 3.75. The summed E-state index contributed by atoms with van der Waals surface area (Å²) in [5, 5.41) is 14.0. The Bertz CT molecular complexity index is 537. The van der Waals surface area contributed by atoms with Crippen molar-refractivity contribution >= 4 is 35.2 Å². The van der Waals surface area contributed by atoms with E-state index in [0.29, 0.717) is 16.6 Å². The first-order chi connectivity index (χ1) is 9.98. The molecule has 0 spiro atoms. The lowest BCUT2D eigenvalue weighted by atomic mass is 9.85. The van der Waals surface area contributed by atoms with Gasteiger partial charge in [0.25, 0.3) is 0 Å². The van der Waals surface area contributed by atoms with E-state index in [-0.39, 0.29) is 5.91 Å². The summed E-state index contributed by atoms with van der Waals surface area (Å²) < 4.78 is 0. The summed E-state index contributed by atoms with van der Waals surface area (Å²) in [4.78, 5) is 11.8. The number of benzene rings is 1. The second-order valence-corrected chi connectivity index (χ2v) is 6.32. The highest BCUT2D eigenvalue weighted by Crippen LogP contribution is 2.27. The first kappa shape index (κ1) is 16.3. The molecule has 0 heterocycles. The van der Waals surface area contributed by atoms with Crippen LogP contribution >= 0.6 is 23.2 Å². The molecule has 21 heavy (non-hydrogen) atoms. The molecule has 1 aliphatic carbocycles. The van der Waals surface area contributed by atoms with E-state index in [0.717, 1.165) is 37.7 Å². The van der Waals surface area contributed by atoms with E-state index < -0.39 is 5.60 Å². The average molecular weight is 328 g/mol. The van der Waals surface area contributed by atoms with Crippen molar-refractivity contribution in [2.24, 2.45) is 0 Å². The maximum atomic E-state index is 11.8. The third-order valence-corrected chi connectivity index (χ3v) is 4.49. The molecule has 3 nitrogen and oxygen atoms in total. The fourth-order valence-electron chi connectivity index (χ4n) is 2.49. The Morgan fingerprint density at radius 1 is 1.24 bits per heavy atom. The zero-order chi connectivity index (χ0) is 15.3. The minimum absolute atomic E-state index is 0.222. The fourth-order valence-corrected chi connectivity index (χ4v) is 2.79. The molecular weight excluding hydrogens is 309 g/mol. The SMILES string of the molecule is O=C(C=Cc1ccc(Cl)c(Cl)c1)NCC1(O)CCCCC1. The molecule has 0 aliphatic heterocycles. The van der Waals surface area contributed by atoms with Crippen molar-refractivity contribution in [1.82, 2.24) is 5.32 Å². The van der Waals surface area contributed by atoms with Gasteiger partial charge in [0.2, 0.25) is 5.91 Å². The van der Waals surface area contributed by atoms with Gasteiger partial charge in [-0.2, -0.15) is 0 Å². The molecule has 1 aliphatic rings. The lowest BCUT2D eigenvalue weighted by Crippen LogP contribution is -2.43. The molecular formula is C16H19Cl2NO2. The van der Waals surface area contributed by atoms with Crippen LogP contribution < -0.4 is 5.32 Å². The van der Waals surface area contributed by atoms with E-state index in [1.54, 1.807) is 24.3 Å². The van der Waals surface area contributed by atoms with E-state index in [1.165, 1.54) is 6.08 Å². The van der Waals surface area contributed by atoms with Crippen LogP contribution in [0.15, 0.2) is 24.3 Å². The molecule has 0 bridgehead atoms. The van der Waals surface area contributed by atoms with Crippen LogP contribution in [-0.4, -0.2) is 23.2 Å². The largest absolute Gasteiger partial charge is 0.388 e. The molecule has 1 fully saturated rings. The van der Waals surface area contributed by atoms with E-state index in [2.05, 4.69) is 5.32 Å². The number of carbonyl (C=O) groups is 1. The van der Waals surface area contributed by atoms with Crippen LogP contribution in [-0.2, 0) is 4.79 Å². The number of hydrogen-bond acceptors (Lipinski definition) is 2. The number of aliphatic hydroxyl groups is 1. The van der Waals surface area contributed by atoms with Gasteiger partial charge in [0, 0.05) is 12.6 Å². The van der Waals surface area contributed by atoms with E-state index in [9.17, 15) is 9.90 Å². The van der Waals surface area contributed by atoms with Crippen LogP contribution in [0.2, 0.25) is 10.0 Å². The molecule has 0 saturated heterocycles. The summed E-state index contributed by atoms with van der Waals surface area (Å²) in [5.74, 6) is -0.222. The van der Waals surface area contributed by atoms with Crippen molar-refractivity contribution < 1.29 is 9.90 Å². The van der Waals surface area contributed by atoms with Gasteiger partial charge >= 0.3 is 0 Å². The monoisotopic (exact) mass is 327 g/mol. The van der Waals surface area contributed by atoms with Gasteiger partial charge in [-0.25, -0.2) is 0 Å². The number of carbonyl (C=O) groups excluding carboxylic acids is 1. The maximum absolute atomic E-state index is 11.8. The van der Waals surface area contributed by atoms with Gasteiger partial charge in [0.05, 0.1) is 15.6 Å². The quantitative estimate of drug-likeness (QED) is 0.826. The summed E-state index contributed by atoms with van der Waals surface area (Å²) in [6, 6.07) is 5.17. The van der Waals surface area contributed by atoms with Crippen molar-refractivity contribution in [2.45, 2.75) is 37.7 Å². The minimum Gasteiger partial charge on any atom is -0.388 e. The van der Waals surface area contributed by atoms with Crippen LogP contribution in [0.5, 0.6) is 0 Å². The standard InChI is InChI=1S/C16H19Cl2NO2/c17-13-6-4-12(10-14(13)18)5-7-15(20)19-11-16(21)8-2-1-3-9-16/h4-7,10,21H,1-3,8-9,11H2,(H,19,20). The summed E-state index contributed by atoms with van der Waals surface area (Å²) in [5.41, 5.74) is 0.0571. The smallest absolute Gasteiger partial charge is 0.244 e. The van der Waals surface area contributed by atoms with Crippen molar-refractivity contribution in [1.29, 1.82) is 0 Å². The molecule has 0 aromatic heterocycles. The van der Waals surface area contributed by atoms with E-state index in [4.69, 9.17) is 23.2 Å². The maximum Gasteiger partial charge on any atom is 0.244 e. The van der Waals surface area contributed by atoms with Crippen LogP contribution in [0, 0.1) is 0 Å². The molecule has 0 radical (unpaired) electrons. The summed E-state index contributed by atoms with van der Waals surface area (Å²) in [6.07, 6.45) is 7.81. The second kappa shape index (κ2) is 7.30. The fraction of sp³-hybridized carbons (Fsp3) is 0.438. The molecule has 1 aromatic carbocycles. The van der Waals surface area contributed by atoms with Crippen molar-refractivity contribution in [3.8, 4) is 0 Å². The molecule has 5 heteroatoms. The number of rotatable bonds is 4. The van der Waals surface area contributed by atoms with E-state index in [1.807, 2.05) is 0 Å². The van der Waals surface area contributed by atoms with Gasteiger partial charge in [-0.15, -0.1) is 0 Å². The summed E-state index contributed by atoms with van der Waals surface area (Å²) in [6.45, 7) is 0.303. The first-order valence-corrected chi connectivity index (χ1v) is 7.87. The van der Waals surface area contributed by atoms with Crippen LogP contribution in [0.1, 0.15) is 37.7 Å². The Kier molecular flexibility index (Phi) is 5.68. The second-order valence-electron chi connectivity index (χ2n) is 5.51. The zero-order valence-corrected chi connectivity index (χ0v) is 13.3. The molecule has 0 atom stereocenters. The van der Waals surface area contributed by atoms with Gasteiger partial charge in [-0.3, -0.25) is 4.79 Å². The van der Waals surface area contributed by atoms with E-state index >= 15 is 0 Å². The molecule has 114 valence electrons. The van der Waals surface area contributed by atoms with Crippen LogP contribution in [0.3, 0.4) is 0 Å². The highest BCUT2D eigenvalue weighted by atomic mass is 35.5. The molecule has 2 rings (SSSR count). The highest BCUT2D eigenvalue weighted by Gasteiger charge is 2.29. The highest BCUT2D eigenvalue weighted by molar-refractivity contribution is 6.42. The Hall–Kier alpha value is -1.03. The molecule has 2 N–H and O–H groups in total. The zero-order valence-electron chi connectivity index (χ0n) is 11.7. The lowest BCUT2D eigenvalue weighted by Gasteiger charge is -2.31. The van der Waals surface area contributed by atoms with Crippen molar-refractivity contribution in [2.75, 3.05) is 6.54 Å². The Morgan fingerprint density at radius 3 is 2.62 bits per heavy atom.